The number of nitrogens with one attached hydrogen (secondary N) is 1. The van der Waals surface area contributed by atoms with Gasteiger partial charge in [0.1, 0.15) is 0 Å². The standard InChI is InChI=1S/C26H34Cl2N4/c1-19-8-10-20(11-9-19)25(23-13-12-21(27)18-24(23)28)31-14-16-32(17-15-31)26(29-2)30-22-6-4-3-5-7-22/h8-13,18,22,25H,3-7,14-17H2,1-2H3,(H,29,30). The molecule has 4 rings (SSSR count). The van der Waals surface area contributed by atoms with Crippen LogP contribution in [-0.2, 0) is 0 Å². The van der Waals surface area contributed by atoms with Gasteiger partial charge >= 0.3 is 0 Å². The summed E-state index contributed by atoms with van der Waals surface area (Å²) in [6.45, 7) is 5.91. The van der Waals surface area contributed by atoms with Crippen LogP contribution in [0.5, 0.6) is 0 Å². The normalized spacial score (nSPS) is 19.8. The summed E-state index contributed by atoms with van der Waals surface area (Å²) in [7, 11) is 1.90. The average molecular weight is 473 g/mol. The van der Waals surface area contributed by atoms with Gasteiger partial charge < -0.3 is 10.2 Å². The van der Waals surface area contributed by atoms with Crippen molar-refractivity contribution in [3.05, 3.63) is 69.2 Å². The van der Waals surface area contributed by atoms with E-state index in [-0.39, 0.29) is 6.04 Å². The molecule has 1 aliphatic heterocycles. The molecule has 4 nitrogen and oxygen atoms in total. The highest BCUT2D eigenvalue weighted by Crippen LogP contribution is 2.35. The molecule has 0 bridgehead atoms. The van der Waals surface area contributed by atoms with E-state index in [0.29, 0.717) is 11.1 Å². The highest BCUT2D eigenvalue weighted by atomic mass is 35.5. The van der Waals surface area contributed by atoms with Crippen LogP contribution in [0.15, 0.2) is 47.5 Å². The predicted octanol–water partition coefficient (Wildman–Crippen LogP) is 5.92. The summed E-state index contributed by atoms with van der Waals surface area (Å²) < 4.78 is 0. The molecule has 0 spiro atoms. The lowest BCUT2D eigenvalue weighted by Gasteiger charge is -2.41. The molecule has 1 heterocycles. The summed E-state index contributed by atoms with van der Waals surface area (Å²) in [6.07, 6.45) is 6.52. The minimum atomic E-state index is 0.107. The van der Waals surface area contributed by atoms with Gasteiger partial charge in [-0.25, -0.2) is 0 Å². The molecule has 2 aromatic rings. The summed E-state index contributed by atoms with van der Waals surface area (Å²) in [5.74, 6) is 1.05. The van der Waals surface area contributed by atoms with Crippen LogP contribution in [0, 0.1) is 6.92 Å². The van der Waals surface area contributed by atoms with Crippen molar-refractivity contribution < 1.29 is 0 Å². The maximum atomic E-state index is 6.68. The zero-order valence-corrected chi connectivity index (χ0v) is 20.7. The third-order valence-corrected chi connectivity index (χ3v) is 7.34. The summed E-state index contributed by atoms with van der Waals surface area (Å²) >= 11 is 12.9. The Balaban J connectivity index is 1.50. The first-order valence-electron chi connectivity index (χ1n) is 11.8. The van der Waals surface area contributed by atoms with Crippen molar-refractivity contribution in [3.8, 4) is 0 Å². The fourth-order valence-corrected chi connectivity index (χ4v) is 5.49. The minimum Gasteiger partial charge on any atom is -0.354 e. The van der Waals surface area contributed by atoms with E-state index in [1.807, 2.05) is 19.2 Å². The lowest BCUT2D eigenvalue weighted by molar-refractivity contribution is 0.147. The zero-order chi connectivity index (χ0) is 22.5. The molecular weight excluding hydrogens is 439 g/mol. The molecule has 172 valence electrons. The Kier molecular flexibility index (Phi) is 7.98. The number of benzene rings is 2. The molecule has 1 saturated carbocycles. The van der Waals surface area contributed by atoms with Crippen LogP contribution < -0.4 is 5.32 Å². The molecule has 1 aliphatic carbocycles. The van der Waals surface area contributed by atoms with Crippen molar-refractivity contribution in [2.45, 2.75) is 51.1 Å². The monoisotopic (exact) mass is 472 g/mol. The first-order chi connectivity index (χ1) is 15.5. The Morgan fingerprint density at radius 1 is 0.969 bits per heavy atom. The zero-order valence-electron chi connectivity index (χ0n) is 19.2. The maximum absolute atomic E-state index is 6.68. The first-order valence-corrected chi connectivity index (χ1v) is 12.5. The maximum Gasteiger partial charge on any atom is 0.193 e. The number of piperazine rings is 1. The van der Waals surface area contributed by atoms with Gasteiger partial charge in [0.05, 0.1) is 6.04 Å². The highest BCUT2D eigenvalue weighted by Gasteiger charge is 2.29. The van der Waals surface area contributed by atoms with Crippen molar-refractivity contribution >= 4 is 29.2 Å². The Bertz CT molecular complexity index is 914. The molecule has 1 N–H and O–H groups in total. The number of rotatable bonds is 4. The Hall–Kier alpha value is -1.75. The SMILES string of the molecule is CN=C(NC1CCCCC1)N1CCN(C(c2ccc(C)cc2)c2ccc(Cl)cc2Cl)CC1. The largest absolute Gasteiger partial charge is 0.354 e. The molecular formula is C26H34Cl2N4. The molecule has 0 aromatic heterocycles. The van der Waals surface area contributed by atoms with E-state index in [1.165, 1.54) is 43.2 Å². The van der Waals surface area contributed by atoms with Gasteiger partial charge in [-0.05, 0) is 43.0 Å². The van der Waals surface area contributed by atoms with Crippen LogP contribution in [-0.4, -0.2) is 55.0 Å². The number of nitrogens with zero attached hydrogens (tertiary/aromatic N) is 3. The smallest absolute Gasteiger partial charge is 0.193 e. The molecule has 1 saturated heterocycles. The summed E-state index contributed by atoms with van der Waals surface area (Å²) in [5, 5.41) is 5.12. The third kappa shape index (κ3) is 5.59. The third-order valence-electron chi connectivity index (χ3n) is 6.78. The lowest BCUT2D eigenvalue weighted by atomic mass is 9.95. The second-order valence-corrected chi connectivity index (χ2v) is 9.87. The van der Waals surface area contributed by atoms with Crippen molar-refractivity contribution in [1.82, 2.24) is 15.1 Å². The number of hydrogen-bond acceptors (Lipinski definition) is 2. The summed E-state index contributed by atoms with van der Waals surface area (Å²) in [6, 6.07) is 15.3. The summed E-state index contributed by atoms with van der Waals surface area (Å²) in [4.78, 5) is 9.54. The van der Waals surface area contributed by atoms with Crippen molar-refractivity contribution in [1.29, 1.82) is 0 Å². The van der Waals surface area contributed by atoms with Gasteiger partial charge in [-0.2, -0.15) is 0 Å². The fraction of sp³-hybridized carbons (Fsp3) is 0.500. The quantitative estimate of drug-likeness (QED) is 0.442. The Labute approximate surface area is 202 Å². The molecule has 0 amide bonds. The van der Waals surface area contributed by atoms with Crippen molar-refractivity contribution in [3.63, 3.8) is 0 Å². The van der Waals surface area contributed by atoms with Crippen molar-refractivity contribution in [2.24, 2.45) is 4.99 Å². The molecule has 6 heteroatoms. The van der Waals surface area contributed by atoms with Crippen molar-refractivity contribution in [2.75, 3.05) is 33.2 Å². The van der Waals surface area contributed by atoms with Gasteiger partial charge in [-0.1, -0.05) is 78.4 Å². The van der Waals surface area contributed by atoms with Gasteiger partial charge in [-0.3, -0.25) is 9.89 Å². The van der Waals surface area contributed by atoms with E-state index in [0.717, 1.165) is 42.7 Å². The van der Waals surface area contributed by atoms with Gasteiger partial charge in [0.2, 0.25) is 0 Å². The van der Waals surface area contributed by atoms with Gasteiger partial charge in [0.15, 0.2) is 5.96 Å². The van der Waals surface area contributed by atoms with Crippen LogP contribution in [0.2, 0.25) is 10.0 Å². The van der Waals surface area contributed by atoms with E-state index in [2.05, 4.69) is 57.4 Å². The molecule has 2 aliphatic rings. The fourth-order valence-electron chi connectivity index (χ4n) is 4.98. The molecule has 1 atom stereocenters. The first kappa shape index (κ1) is 23.4. The van der Waals surface area contributed by atoms with E-state index in [4.69, 9.17) is 23.2 Å². The second-order valence-electron chi connectivity index (χ2n) is 9.03. The van der Waals surface area contributed by atoms with Crippen LogP contribution in [0.1, 0.15) is 54.8 Å². The van der Waals surface area contributed by atoms with E-state index < -0.39 is 0 Å². The van der Waals surface area contributed by atoms with Gasteiger partial charge in [0.25, 0.3) is 0 Å². The summed E-state index contributed by atoms with van der Waals surface area (Å²) in [5.41, 5.74) is 3.63. The minimum absolute atomic E-state index is 0.107. The molecule has 2 fully saturated rings. The topological polar surface area (TPSA) is 30.9 Å². The second kappa shape index (κ2) is 10.9. The van der Waals surface area contributed by atoms with Crippen LogP contribution in [0.4, 0.5) is 0 Å². The predicted molar refractivity (Wildman–Crippen MR) is 136 cm³/mol. The van der Waals surface area contributed by atoms with E-state index in [1.54, 1.807) is 0 Å². The molecule has 2 aromatic carbocycles. The number of aryl methyl sites for hydroxylation is 1. The highest BCUT2D eigenvalue weighted by molar-refractivity contribution is 6.35. The van der Waals surface area contributed by atoms with Gasteiger partial charge in [-0.15, -0.1) is 0 Å². The number of aliphatic imine (C=N–C) groups is 1. The molecule has 0 radical (unpaired) electrons. The molecule has 1 unspecified atom stereocenters. The molecule has 32 heavy (non-hydrogen) atoms. The number of guanidine groups is 1. The Morgan fingerprint density at radius 2 is 1.66 bits per heavy atom. The Morgan fingerprint density at radius 3 is 2.28 bits per heavy atom. The van der Waals surface area contributed by atoms with Gasteiger partial charge in [0, 0.05) is 49.3 Å². The van der Waals surface area contributed by atoms with Crippen LogP contribution in [0.25, 0.3) is 0 Å². The number of hydrogen-bond donors (Lipinski definition) is 1. The number of halogens is 2. The van der Waals surface area contributed by atoms with E-state index >= 15 is 0 Å². The van der Waals surface area contributed by atoms with Crippen LogP contribution in [0.3, 0.4) is 0 Å². The lowest BCUT2D eigenvalue weighted by Crippen LogP contribution is -2.55. The van der Waals surface area contributed by atoms with Crippen LogP contribution >= 0.6 is 23.2 Å². The van der Waals surface area contributed by atoms with E-state index in [9.17, 15) is 0 Å². The average Bonchev–Trinajstić information content (AvgIpc) is 2.81.